The Morgan fingerprint density at radius 1 is 1.04 bits per heavy atom. The van der Waals surface area contributed by atoms with Crippen LogP contribution in [0.15, 0.2) is 54.6 Å². The van der Waals surface area contributed by atoms with Crippen molar-refractivity contribution in [1.29, 1.82) is 5.26 Å². The van der Waals surface area contributed by atoms with Crippen molar-refractivity contribution in [2.75, 3.05) is 4.90 Å². The molecule has 0 bridgehead atoms. The van der Waals surface area contributed by atoms with E-state index in [1.165, 1.54) is 42.5 Å². The summed E-state index contributed by atoms with van der Waals surface area (Å²) in [7, 11) is 0. The van der Waals surface area contributed by atoms with Crippen molar-refractivity contribution in [2.24, 2.45) is 0 Å². The summed E-state index contributed by atoms with van der Waals surface area (Å²) in [5.74, 6) is 0. The number of benzene rings is 2. The summed E-state index contributed by atoms with van der Waals surface area (Å²) in [4.78, 5) is 2.63. The molecular weight excluding hydrogens is 292 g/mol. The standard InChI is InChI=1S/C22H24N2/c23-16-8-15-22-14-7-6-13-21(22)24(17-18-9-2-1-3-10-18)20-12-5-4-11-19(20)22/h1-5,9-12,21H,6-8,13-15,17H2/t21-,22+/m1/s1. The normalized spacial score (nSPS) is 25.0. The Balaban J connectivity index is 1.76. The van der Waals surface area contributed by atoms with E-state index in [-0.39, 0.29) is 5.41 Å². The number of para-hydroxylation sites is 1. The maximum atomic E-state index is 9.20. The highest BCUT2D eigenvalue weighted by Crippen LogP contribution is 2.54. The minimum atomic E-state index is 0.180. The van der Waals surface area contributed by atoms with Crippen LogP contribution in [0.1, 0.15) is 49.7 Å². The number of nitrogens with zero attached hydrogens (tertiary/aromatic N) is 2. The number of hydrogen-bond acceptors (Lipinski definition) is 2. The smallest absolute Gasteiger partial charge is 0.0622 e. The molecule has 2 aliphatic rings. The first-order valence-corrected chi connectivity index (χ1v) is 9.12. The molecule has 1 fully saturated rings. The summed E-state index contributed by atoms with van der Waals surface area (Å²) in [5.41, 5.74) is 4.43. The largest absolute Gasteiger partial charge is 0.363 e. The lowest BCUT2D eigenvalue weighted by atomic mass is 9.65. The molecular formula is C22H24N2. The quantitative estimate of drug-likeness (QED) is 0.776. The van der Waals surface area contributed by atoms with Gasteiger partial charge in [-0.05, 0) is 36.5 Å². The first-order valence-electron chi connectivity index (χ1n) is 9.12. The van der Waals surface area contributed by atoms with Gasteiger partial charge in [-0.1, -0.05) is 61.4 Å². The number of rotatable bonds is 4. The number of anilines is 1. The molecule has 0 aromatic heterocycles. The summed E-state index contributed by atoms with van der Waals surface area (Å²) in [6.07, 6.45) is 6.71. The Hall–Kier alpha value is -2.27. The van der Waals surface area contributed by atoms with Crippen LogP contribution in [0.3, 0.4) is 0 Å². The predicted octanol–water partition coefficient (Wildman–Crippen LogP) is 5.19. The van der Waals surface area contributed by atoms with E-state index in [4.69, 9.17) is 0 Å². The maximum absolute atomic E-state index is 9.20. The molecule has 1 aliphatic carbocycles. The summed E-state index contributed by atoms with van der Waals surface area (Å²) in [5, 5.41) is 9.20. The van der Waals surface area contributed by atoms with Crippen molar-refractivity contribution in [2.45, 2.75) is 56.5 Å². The Morgan fingerprint density at radius 2 is 1.83 bits per heavy atom. The minimum absolute atomic E-state index is 0.180. The van der Waals surface area contributed by atoms with Gasteiger partial charge in [0.25, 0.3) is 0 Å². The molecule has 1 aliphatic heterocycles. The number of nitriles is 1. The second-order valence-electron chi connectivity index (χ2n) is 7.21. The van der Waals surface area contributed by atoms with Crippen LogP contribution in [0.4, 0.5) is 5.69 Å². The summed E-state index contributed by atoms with van der Waals surface area (Å²) in [6.45, 7) is 0.969. The van der Waals surface area contributed by atoms with Gasteiger partial charge in [-0.25, -0.2) is 0 Å². The van der Waals surface area contributed by atoms with E-state index in [2.05, 4.69) is 65.6 Å². The number of hydrogen-bond donors (Lipinski definition) is 0. The fourth-order valence-corrected chi connectivity index (χ4v) is 4.98. The first kappa shape index (κ1) is 15.3. The van der Waals surface area contributed by atoms with Crippen molar-refractivity contribution < 1.29 is 0 Å². The van der Waals surface area contributed by atoms with Gasteiger partial charge in [0.1, 0.15) is 0 Å². The van der Waals surface area contributed by atoms with E-state index < -0.39 is 0 Å². The van der Waals surface area contributed by atoms with Crippen molar-refractivity contribution >= 4 is 5.69 Å². The summed E-state index contributed by atoms with van der Waals surface area (Å²) in [6, 6.07) is 22.6. The zero-order chi connectivity index (χ0) is 16.4. The van der Waals surface area contributed by atoms with Crippen molar-refractivity contribution in [3.63, 3.8) is 0 Å². The molecule has 2 aromatic carbocycles. The van der Waals surface area contributed by atoms with Gasteiger partial charge < -0.3 is 4.90 Å². The monoisotopic (exact) mass is 316 g/mol. The van der Waals surface area contributed by atoms with Gasteiger partial charge in [-0.2, -0.15) is 5.26 Å². The van der Waals surface area contributed by atoms with Crippen molar-refractivity contribution in [3.8, 4) is 6.07 Å². The third kappa shape index (κ3) is 2.40. The molecule has 2 nitrogen and oxygen atoms in total. The van der Waals surface area contributed by atoms with Crippen LogP contribution < -0.4 is 4.90 Å². The van der Waals surface area contributed by atoms with Gasteiger partial charge in [-0.15, -0.1) is 0 Å². The van der Waals surface area contributed by atoms with E-state index in [9.17, 15) is 5.26 Å². The molecule has 1 heterocycles. The fraction of sp³-hybridized carbons (Fsp3) is 0.409. The third-order valence-corrected chi connectivity index (χ3v) is 5.99. The van der Waals surface area contributed by atoms with E-state index in [1.807, 2.05) is 0 Å². The Labute approximate surface area is 144 Å². The highest BCUT2D eigenvalue weighted by atomic mass is 15.2. The van der Waals surface area contributed by atoms with Crippen molar-refractivity contribution in [1.82, 2.24) is 0 Å². The molecule has 2 aromatic rings. The molecule has 4 rings (SSSR count). The highest BCUT2D eigenvalue weighted by molar-refractivity contribution is 5.65. The van der Waals surface area contributed by atoms with Gasteiger partial charge in [0, 0.05) is 30.1 Å². The number of fused-ring (bicyclic) bond motifs is 3. The average molecular weight is 316 g/mol. The molecule has 0 N–H and O–H groups in total. The van der Waals surface area contributed by atoms with Gasteiger partial charge >= 0.3 is 0 Å². The Kier molecular flexibility index (Phi) is 4.02. The van der Waals surface area contributed by atoms with Crippen LogP contribution >= 0.6 is 0 Å². The van der Waals surface area contributed by atoms with Crippen LogP contribution in [0.25, 0.3) is 0 Å². The fourth-order valence-electron chi connectivity index (χ4n) is 4.98. The molecule has 0 amide bonds. The van der Waals surface area contributed by atoms with Crippen LogP contribution in [0.5, 0.6) is 0 Å². The van der Waals surface area contributed by atoms with E-state index in [0.29, 0.717) is 12.5 Å². The topological polar surface area (TPSA) is 27.0 Å². The van der Waals surface area contributed by atoms with Gasteiger partial charge in [0.2, 0.25) is 0 Å². The highest BCUT2D eigenvalue weighted by Gasteiger charge is 2.50. The molecule has 2 atom stereocenters. The third-order valence-electron chi connectivity index (χ3n) is 5.99. The van der Waals surface area contributed by atoms with Crippen LogP contribution in [-0.4, -0.2) is 6.04 Å². The second-order valence-corrected chi connectivity index (χ2v) is 7.21. The summed E-state index contributed by atoms with van der Waals surface area (Å²) < 4.78 is 0. The first-order chi connectivity index (χ1) is 11.8. The lowest BCUT2D eigenvalue weighted by Crippen LogP contribution is -2.46. The van der Waals surface area contributed by atoms with E-state index in [0.717, 1.165) is 13.0 Å². The van der Waals surface area contributed by atoms with E-state index >= 15 is 0 Å². The zero-order valence-corrected chi connectivity index (χ0v) is 14.1. The lowest BCUT2D eigenvalue weighted by molar-refractivity contribution is 0.242. The van der Waals surface area contributed by atoms with Gasteiger partial charge in [-0.3, -0.25) is 0 Å². The van der Waals surface area contributed by atoms with Crippen molar-refractivity contribution in [3.05, 3.63) is 65.7 Å². The summed E-state index contributed by atoms with van der Waals surface area (Å²) >= 11 is 0. The second kappa shape index (κ2) is 6.32. The van der Waals surface area contributed by atoms with Crippen LogP contribution in [-0.2, 0) is 12.0 Å². The molecule has 122 valence electrons. The zero-order valence-electron chi connectivity index (χ0n) is 14.1. The van der Waals surface area contributed by atoms with Gasteiger partial charge in [0.15, 0.2) is 0 Å². The molecule has 0 unspecified atom stereocenters. The Bertz CT molecular complexity index is 746. The molecule has 2 heteroatoms. The average Bonchev–Trinajstić information content (AvgIpc) is 2.92. The molecule has 0 radical (unpaired) electrons. The van der Waals surface area contributed by atoms with Crippen LogP contribution in [0.2, 0.25) is 0 Å². The van der Waals surface area contributed by atoms with Crippen LogP contribution in [0, 0.1) is 11.3 Å². The predicted molar refractivity (Wildman–Crippen MR) is 97.8 cm³/mol. The minimum Gasteiger partial charge on any atom is -0.363 e. The van der Waals surface area contributed by atoms with E-state index in [1.54, 1.807) is 0 Å². The molecule has 0 spiro atoms. The maximum Gasteiger partial charge on any atom is 0.0622 e. The Morgan fingerprint density at radius 3 is 2.67 bits per heavy atom. The molecule has 1 saturated carbocycles. The SMILES string of the molecule is N#CCC[C@]12CCCC[C@H]1N(Cc1ccccc1)c1ccccc12. The lowest BCUT2D eigenvalue weighted by Gasteiger charge is -2.43. The molecule has 0 saturated heterocycles. The molecule has 24 heavy (non-hydrogen) atoms. The van der Waals surface area contributed by atoms with Gasteiger partial charge in [0.05, 0.1) is 6.07 Å².